The molecule has 0 aliphatic heterocycles. The number of carbonyl (C=O) groups is 1. The molecule has 9 nitrogen and oxygen atoms in total. The van der Waals surface area contributed by atoms with Crippen LogP contribution in [0.3, 0.4) is 0 Å². The first kappa shape index (κ1) is 19.4. The summed E-state index contributed by atoms with van der Waals surface area (Å²) < 4.78 is 11.1. The van der Waals surface area contributed by atoms with E-state index in [-0.39, 0.29) is 12.0 Å². The zero-order chi connectivity index (χ0) is 19.3. The van der Waals surface area contributed by atoms with Crippen molar-refractivity contribution in [2.75, 3.05) is 14.2 Å². The van der Waals surface area contributed by atoms with E-state index in [1.807, 2.05) is 0 Å². The summed E-state index contributed by atoms with van der Waals surface area (Å²) in [6, 6.07) is 3.44. The van der Waals surface area contributed by atoms with Crippen LogP contribution in [0.5, 0.6) is 11.5 Å². The smallest absolute Gasteiger partial charge is 0.325 e. The van der Waals surface area contributed by atoms with E-state index >= 15 is 0 Å². The minimum atomic E-state index is -0.618. The molecular formula is C16H17BrN4O5. The molecule has 1 aromatic carbocycles. The van der Waals surface area contributed by atoms with Crippen molar-refractivity contribution in [3.05, 3.63) is 54.3 Å². The highest BCUT2D eigenvalue weighted by molar-refractivity contribution is 9.10. The fraction of sp³-hybridized carbons (Fsp3) is 0.250. The predicted molar refractivity (Wildman–Crippen MR) is 99.1 cm³/mol. The average Bonchev–Trinajstić information content (AvgIpc) is 2.59. The Bertz CT molecular complexity index is 964. The molecule has 138 valence electrons. The molecule has 0 saturated carbocycles. The summed E-state index contributed by atoms with van der Waals surface area (Å²) in [7, 11) is 3.04. The number of amides is 1. The molecule has 0 aliphatic carbocycles. The van der Waals surface area contributed by atoms with E-state index in [2.05, 4.69) is 36.4 Å². The van der Waals surface area contributed by atoms with Crippen LogP contribution in [0.2, 0.25) is 0 Å². The summed E-state index contributed by atoms with van der Waals surface area (Å²) in [6.45, 7) is 1.54. The van der Waals surface area contributed by atoms with Crippen LogP contribution < -0.4 is 26.1 Å². The number of nitrogens with one attached hydrogen (secondary N) is 3. The number of aromatic amines is 2. The number of aryl methyl sites for hydroxylation is 1. The zero-order valence-electron chi connectivity index (χ0n) is 14.3. The van der Waals surface area contributed by atoms with Crippen LogP contribution in [0, 0.1) is 6.92 Å². The molecule has 26 heavy (non-hydrogen) atoms. The fourth-order valence-electron chi connectivity index (χ4n) is 2.22. The molecule has 0 radical (unpaired) electrons. The summed E-state index contributed by atoms with van der Waals surface area (Å²) >= 11 is 3.39. The van der Waals surface area contributed by atoms with Gasteiger partial charge in [-0.05, 0) is 35.0 Å². The molecule has 0 fully saturated rings. The number of methoxy groups -OCH3 is 2. The highest BCUT2D eigenvalue weighted by atomic mass is 79.9. The standard InChI is InChI=1S/C16H17BrN4O5/c1-8-10(15(23)20-16(24)19-8)6-12(22)21-18-7-9-4-5-11(25-2)14(26-3)13(9)17/h4-5,7H,6H2,1-3H3,(H,21,22)(H2,19,20,23,24)/b18-7-. The number of hydrazone groups is 1. The monoisotopic (exact) mass is 424 g/mol. The number of carbonyl (C=O) groups excluding carboxylic acids is 1. The third kappa shape index (κ3) is 4.39. The highest BCUT2D eigenvalue weighted by Gasteiger charge is 2.12. The highest BCUT2D eigenvalue weighted by Crippen LogP contribution is 2.36. The van der Waals surface area contributed by atoms with Gasteiger partial charge in [-0.1, -0.05) is 0 Å². The van der Waals surface area contributed by atoms with Crippen LogP contribution in [0.4, 0.5) is 0 Å². The van der Waals surface area contributed by atoms with Gasteiger partial charge in [-0.15, -0.1) is 0 Å². The first-order valence-corrected chi connectivity index (χ1v) is 8.21. The van der Waals surface area contributed by atoms with Crippen LogP contribution >= 0.6 is 15.9 Å². The van der Waals surface area contributed by atoms with Crippen LogP contribution in [0.25, 0.3) is 0 Å². The van der Waals surface area contributed by atoms with Crippen molar-refractivity contribution in [3.63, 3.8) is 0 Å². The minimum Gasteiger partial charge on any atom is -0.493 e. The molecule has 10 heteroatoms. The molecule has 0 spiro atoms. The van der Waals surface area contributed by atoms with Crippen molar-refractivity contribution in [2.45, 2.75) is 13.3 Å². The first-order valence-electron chi connectivity index (χ1n) is 7.41. The van der Waals surface area contributed by atoms with Gasteiger partial charge in [0.15, 0.2) is 11.5 Å². The van der Waals surface area contributed by atoms with Gasteiger partial charge in [-0.2, -0.15) is 5.10 Å². The molecule has 0 atom stereocenters. The van der Waals surface area contributed by atoms with Crippen molar-refractivity contribution in [2.24, 2.45) is 5.10 Å². The number of hydrogen-bond donors (Lipinski definition) is 3. The Balaban J connectivity index is 2.11. The molecule has 0 unspecified atom stereocenters. The van der Waals surface area contributed by atoms with E-state index in [1.54, 1.807) is 19.1 Å². The van der Waals surface area contributed by atoms with Gasteiger partial charge in [-0.3, -0.25) is 14.6 Å². The van der Waals surface area contributed by atoms with Crippen molar-refractivity contribution in [1.29, 1.82) is 0 Å². The third-order valence-corrected chi connectivity index (χ3v) is 4.32. The summed E-state index contributed by atoms with van der Waals surface area (Å²) in [5.74, 6) is 0.546. The van der Waals surface area contributed by atoms with Crippen molar-refractivity contribution < 1.29 is 14.3 Å². The lowest BCUT2D eigenvalue weighted by Gasteiger charge is -2.10. The van der Waals surface area contributed by atoms with E-state index in [9.17, 15) is 14.4 Å². The summed E-state index contributed by atoms with van der Waals surface area (Å²) in [5, 5.41) is 3.87. The second kappa shape index (κ2) is 8.48. The van der Waals surface area contributed by atoms with E-state index in [1.165, 1.54) is 20.4 Å². The van der Waals surface area contributed by atoms with E-state index < -0.39 is 17.2 Å². The summed E-state index contributed by atoms with van der Waals surface area (Å²) in [4.78, 5) is 39.4. The molecule has 1 aromatic heterocycles. The predicted octanol–water partition coefficient (Wildman–Crippen LogP) is 0.844. The first-order chi connectivity index (χ1) is 12.4. The Morgan fingerprint density at radius 1 is 1.27 bits per heavy atom. The van der Waals surface area contributed by atoms with E-state index in [0.29, 0.717) is 27.2 Å². The zero-order valence-corrected chi connectivity index (χ0v) is 15.9. The Kier molecular flexibility index (Phi) is 6.34. The van der Waals surface area contributed by atoms with Crippen molar-refractivity contribution in [1.82, 2.24) is 15.4 Å². The number of rotatable bonds is 6. The molecule has 0 bridgehead atoms. The lowest BCUT2D eigenvalue weighted by atomic mass is 10.1. The van der Waals surface area contributed by atoms with E-state index in [0.717, 1.165) is 0 Å². The molecule has 0 saturated heterocycles. The third-order valence-electron chi connectivity index (χ3n) is 3.50. The van der Waals surface area contributed by atoms with Crippen molar-refractivity contribution in [3.8, 4) is 11.5 Å². The van der Waals surface area contributed by atoms with Gasteiger partial charge >= 0.3 is 5.69 Å². The van der Waals surface area contributed by atoms with Gasteiger partial charge in [0, 0.05) is 16.8 Å². The minimum absolute atomic E-state index is 0.171. The van der Waals surface area contributed by atoms with Gasteiger partial charge in [0.05, 0.1) is 31.3 Å². The molecule has 2 aromatic rings. The number of benzene rings is 1. The van der Waals surface area contributed by atoms with Crippen LogP contribution in [0.1, 0.15) is 16.8 Å². The number of aromatic nitrogens is 2. The molecule has 1 amide bonds. The lowest BCUT2D eigenvalue weighted by Crippen LogP contribution is -2.30. The molecule has 1 heterocycles. The second-order valence-electron chi connectivity index (χ2n) is 5.19. The maximum Gasteiger partial charge on any atom is 0.325 e. The summed E-state index contributed by atoms with van der Waals surface area (Å²) in [5.41, 5.74) is 2.27. The van der Waals surface area contributed by atoms with Gasteiger partial charge in [0.25, 0.3) is 5.56 Å². The van der Waals surface area contributed by atoms with Gasteiger partial charge in [-0.25, -0.2) is 10.2 Å². The molecule has 0 aliphatic rings. The SMILES string of the molecule is COc1ccc(/C=N\NC(=O)Cc2c(C)[nH]c(=O)[nH]c2=O)c(Br)c1OC. The number of hydrogen-bond acceptors (Lipinski definition) is 6. The number of halogens is 1. The summed E-state index contributed by atoms with van der Waals surface area (Å²) in [6.07, 6.45) is 1.20. The number of nitrogens with zero attached hydrogens (tertiary/aromatic N) is 1. The Hall–Kier alpha value is -2.88. The number of ether oxygens (including phenoxy) is 2. The van der Waals surface area contributed by atoms with Crippen molar-refractivity contribution >= 4 is 28.1 Å². The quantitative estimate of drug-likeness (QED) is 0.467. The topological polar surface area (TPSA) is 126 Å². The van der Waals surface area contributed by atoms with Gasteiger partial charge in [0.2, 0.25) is 5.91 Å². The number of H-pyrrole nitrogens is 2. The molecule has 2 rings (SSSR count). The Labute approximate surface area is 156 Å². The largest absolute Gasteiger partial charge is 0.493 e. The Morgan fingerprint density at radius 2 is 2.00 bits per heavy atom. The second-order valence-corrected chi connectivity index (χ2v) is 5.98. The van der Waals surface area contributed by atoms with Gasteiger partial charge < -0.3 is 14.5 Å². The normalized spacial score (nSPS) is 10.8. The molecule has 3 N–H and O–H groups in total. The fourth-order valence-corrected chi connectivity index (χ4v) is 2.81. The maximum absolute atomic E-state index is 12.0. The average molecular weight is 425 g/mol. The van der Waals surface area contributed by atoms with E-state index in [4.69, 9.17) is 9.47 Å². The Morgan fingerprint density at radius 3 is 2.62 bits per heavy atom. The molecular weight excluding hydrogens is 408 g/mol. The maximum atomic E-state index is 12.0. The lowest BCUT2D eigenvalue weighted by molar-refractivity contribution is -0.120. The van der Waals surface area contributed by atoms with Crippen LogP contribution in [0.15, 0.2) is 31.3 Å². The van der Waals surface area contributed by atoms with Crippen LogP contribution in [-0.4, -0.2) is 36.3 Å². The van der Waals surface area contributed by atoms with Crippen LogP contribution in [-0.2, 0) is 11.2 Å². The van der Waals surface area contributed by atoms with Gasteiger partial charge in [0.1, 0.15) is 0 Å².